The van der Waals surface area contributed by atoms with E-state index >= 15 is 0 Å². The Bertz CT molecular complexity index is 1270. The molecule has 0 saturated heterocycles. The average Bonchev–Trinajstić information content (AvgIpc) is 3.25. The van der Waals surface area contributed by atoms with E-state index in [4.69, 9.17) is 0 Å². The Balaban J connectivity index is 1.61. The molecular formula is C24H24N4O2S. The van der Waals surface area contributed by atoms with Crippen LogP contribution in [0.15, 0.2) is 58.7 Å². The Morgan fingerprint density at radius 3 is 2.48 bits per heavy atom. The van der Waals surface area contributed by atoms with Gasteiger partial charge in [-0.15, -0.1) is 11.3 Å². The molecule has 0 radical (unpaired) electrons. The van der Waals surface area contributed by atoms with Crippen molar-refractivity contribution in [2.24, 2.45) is 0 Å². The van der Waals surface area contributed by atoms with E-state index in [-0.39, 0.29) is 17.2 Å². The molecule has 0 aliphatic carbocycles. The zero-order valence-electron chi connectivity index (χ0n) is 17.6. The van der Waals surface area contributed by atoms with Crippen molar-refractivity contribution in [3.05, 3.63) is 75.5 Å². The minimum Gasteiger partial charge on any atom is -0.296 e. The van der Waals surface area contributed by atoms with E-state index in [2.05, 4.69) is 46.6 Å². The molecule has 4 rings (SSSR count). The molecule has 0 aliphatic heterocycles. The second-order valence-electron chi connectivity index (χ2n) is 7.36. The summed E-state index contributed by atoms with van der Waals surface area (Å²) in [4.78, 5) is 30.2. The Morgan fingerprint density at radius 2 is 1.77 bits per heavy atom. The van der Waals surface area contributed by atoms with Crippen LogP contribution >= 0.6 is 11.3 Å². The topological polar surface area (TPSA) is 76.9 Å². The van der Waals surface area contributed by atoms with Crippen molar-refractivity contribution in [3.63, 3.8) is 0 Å². The standard InChI is InChI=1S/C24H24N4O2S/c1-3-7-16-10-12-17(13-11-16)20-15-31-24(25-20)26-22(29)21-18-8-5-6-9-19(18)23(30)28(27-21)14-4-2/h5-6,8-13,15H,3-4,7,14H2,1-2H3,(H,25,26,29). The van der Waals surface area contributed by atoms with Gasteiger partial charge in [0.1, 0.15) is 0 Å². The fourth-order valence-corrected chi connectivity index (χ4v) is 4.23. The molecule has 2 aromatic carbocycles. The largest absolute Gasteiger partial charge is 0.296 e. The van der Waals surface area contributed by atoms with Crippen LogP contribution < -0.4 is 10.9 Å². The van der Waals surface area contributed by atoms with Gasteiger partial charge in [-0.3, -0.25) is 14.9 Å². The van der Waals surface area contributed by atoms with Crippen LogP contribution in [0.1, 0.15) is 42.7 Å². The Morgan fingerprint density at radius 1 is 1.03 bits per heavy atom. The number of nitrogens with zero attached hydrogens (tertiary/aromatic N) is 3. The molecule has 2 aromatic heterocycles. The lowest BCUT2D eigenvalue weighted by Crippen LogP contribution is -2.27. The number of nitrogens with one attached hydrogen (secondary N) is 1. The smallest absolute Gasteiger partial charge is 0.278 e. The molecule has 0 atom stereocenters. The highest BCUT2D eigenvalue weighted by molar-refractivity contribution is 7.14. The van der Waals surface area contributed by atoms with Crippen molar-refractivity contribution in [2.45, 2.75) is 39.7 Å². The summed E-state index contributed by atoms with van der Waals surface area (Å²) in [5, 5.41) is 10.7. The molecule has 1 N–H and O–H groups in total. The molecule has 158 valence electrons. The first kappa shape index (κ1) is 20.9. The van der Waals surface area contributed by atoms with E-state index in [9.17, 15) is 9.59 Å². The summed E-state index contributed by atoms with van der Waals surface area (Å²) in [5.41, 5.74) is 3.17. The third-order valence-electron chi connectivity index (χ3n) is 5.03. The molecule has 1 amide bonds. The molecule has 0 saturated carbocycles. The first-order valence-corrected chi connectivity index (χ1v) is 11.3. The first-order chi connectivity index (χ1) is 15.1. The molecule has 0 bridgehead atoms. The molecule has 6 nitrogen and oxygen atoms in total. The maximum atomic E-state index is 13.0. The van der Waals surface area contributed by atoms with Crippen LogP contribution in [0.2, 0.25) is 0 Å². The summed E-state index contributed by atoms with van der Waals surface area (Å²) >= 11 is 1.37. The van der Waals surface area contributed by atoms with E-state index < -0.39 is 0 Å². The van der Waals surface area contributed by atoms with Crippen molar-refractivity contribution in [1.82, 2.24) is 14.8 Å². The third-order valence-corrected chi connectivity index (χ3v) is 5.79. The number of carbonyl (C=O) groups excluding carboxylic acids is 1. The van der Waals surface area contributed by atoms with Crippen molar-refractivity contribution in [1.29, 1.82) is 0 Å². The third kappa shape index (κ3) is 4.41. The van der Waals surface area contributed by atoms with Crippen LogP contribution in [0.25, 0.3) is 22.0 Å². The normalized spacial score (nSPS) is 11.0. The highest BCUT2D eigenvalue weighted by Gasteiger charge is 2.18. The minimum absolute atomic E-state index is 0.183. The number of anilines is 1. The molecule has 2 heterocycles. The van der Waals surface area contributed by atoms with E-state index in [0.717, 1.165) is 30.5 Å². The van der Waals surface area contributed by atoms with Crippen molar-refractivity contribution < 1.29 is 4.79 Å². The lowest BCUT2D eigenvalue weighted by molar-refractivity contribution is 0.102. The molecule has 0 spiro atoms. The number of hydrogen-bond acceptors (Lipinski definition) is 5. The minimum atomic E-state index is -0.375. The van der Waals surface area contributed by atoms with Gasteiger partial charge in [-0.05, 0) is 24.5 Å². The number of fused-ring (bicyclic) bond motifs is 1. The highest BCUT2D eigenvalue weighted by Crippen LogP contribution is 2.26. The van der Waals surface area contributed by atoms with Crippen LogP contribution in [0, 0.1) is 0 Å². The fourth-order valence-electron chi connectivity index (χ4n) is 3.52. The van der Waals surface area contributed by atoms with Crippen molar-refractivity contribution >= 4 is 33.1 Å². The summed E-state index contributed by atoms with van der Waals surface area (Å²) in [6.45, 7) is 4.59. The maximum Gasteiger partial charge on any atom is 0.278 e. The van der Waals surface area contributed by atoms with Gasteiger partial charge in [0.15, 0.2) is 10.8 Å². The number of amides is 1. The number of benzene rings is 2. The van der Waals surface area contributed by atoms with Gasteiger partial charge >= 0.3 is 0 Å². The van der Waals surface area contributed by atoms with E-state index in [1.54, 1.807) is 24.3 Å². The molecule has 7 heteroatoms. The lowest BCUT2D eigenvalue weighted by Gasteiger charge is -2.09. The number of thiazole rings is 1. The van der Waals surface area contributed by atoms with Crippen molar-refractivity contribution in [2.75, 3.05) is 5.32 Å². The van der Waals surface area contributed by atoms with Gasteiger partial charge in [-0.25, -0.2) is 9.67 Å². The van der Waals surface area contributed by atoms with Gasteiger partial charge in [0.05, 0.1) is 11.1 Å². The number of aromatic nitrogens is 3. The van der Waals surface area contributed by atoms with Crippen LogP contribution in [0.4, 0.5) is 5.13 Å². The van der Waals surface area contributed by atoms with Crippen LogP contribution in [-0.4, -0.2) is 20.7 Å². The van der Waals surface area contributed by atoms with Crippen molar-refractivity contribution in [3.8, 4) is 11.3 Å². The second kappa shape index (κ2) is 9.22. The lowest BCUT2D eigenvalue weighted by atomic mass is 10.1. The highest BCUT2D eigenvalue weighted by atomic mass is 32.1. The van der Waals surface area contributed by atoms with Gasteiger partial charge in [0.25, 0.3) is 11.5 Å². The number of carbonyl (C=O) groups is 1. The van der Waals surface area contributed by atoms with Gasteiger partial charge in [-0.2, -0.15) is 5.10 Å². The summed E-state index contributed by atoms with van der Waals surface area (Å²) < 4.78 is 1.36. The Kier molecular flexibility index (Phi) is 6.23. The fraction of sp³-hybridized carbons (Fsp3) is 0.250. The quantitative estimate of drug-likeness (QED) is 0.439. The zero-order chi connectivity index (χ0) is 21.8. The number of rotatable bonds is 7. The average molecular weight is 433 g/mol. The molecule has 31 heavy (non-hydrogen) atoms. The van der Waals surface area contributed by atoms with Crippen LogP contribution in [0.5, 0.6) is 0 Å². The SMILES string of the molecule is CCCc1ccc(-c2csc(NC(=O)c3nn(CCC)c(=O)c4ccccc34)n2)cc1. The summed E-state index contributed by atoms with van der Waals surface area (Å²) in [7, 11) is 0. The first-order valence-electron chi connectivity index (χ1n) is 10.5. The molecule has 0 unspecified atom stereocenters. The summed E-state index contributed by atoms with van der Waals surface area (Å²) in [6.07, 6.45) is 2.92. The number of aryl methyl sites for hydroxylation is 2. The maximum absolute atomic E-state index is 13.0. The van der Waals surface area contributed by atoms with E-state index in [1.165, 1.54) is 21.6 Å². The van der Waals surface area contributed by atoms with E-state index in [1.807, 2.05) is 12.3 Å². The molecule has 0 fully saturated rings. The second-order valence-corrected chi connectivity index (χ2v) is 8.22. The Hall–Kier alpha value is -3.32. The number of hydrogen-bond donors (Lipinski definition) is 1. The zero-order valence-corrected chi connectivity index (χ0v) is 18.4. The van der Waals surface area contributed by atoms with Gasteiger partial charge in [0, 0.05) is 22.9 Å². The summed E-state index contributed by atoms with van der Waals surface area (Å²) in [5.74, 6) is -0.375. The predicted molar refractivity (Wildman–Crippen MR) is 126 cm³/mol. The van der Waals surface area contributed by atoms with Crippen LogP contribution in [0.3, 0.4) is 0 Å². The predicted octanol–water partition coefficient (Wildman–Crippen LogP) is 5.13. The molecular weight excluding hydrogens is 408 g/mol. The Labute approximate surface area is 184 Å². The summed E-state index contributed by atoms with van der Waals surface area (Å²) in [6, 6.07) is 15.4. The van der Waals surface area contributed by atoms with Gasteiger partial charge in [0.2, 0.25) is 0 Å². The molecule has 4 aromatic rings. The van der Waals surface area contributed by atoms with Gasteiger partial charge < -0.3 is 0 Å². The van der Waals surface area contributed by atoms with Crippen LogP contribution in [-0.2, 0) is 13.0 Å². The van der Waals surface area contributed by atoms with E-state index in [0.29, 0.717) is 22.4 Å². The monoisotopic (exact) mass is 432 g/mol. The molecule has 0 aliphatic rings. The van der Waals surface area contributed by atoms with Gasteiger partial charge in [-0.1, -0.05) is 62.7 Å².